The van der Waals surface area contributed by atoms with Crippen LogP contribution in [0.1, 0.15) is 45.1 Å². The zero-order chi connectivity index (χ0) is 29.3. The van der Waals surface area contributed by atoms with Crippen molar-refractivity contribution in [2.45, 2.75) is 26.1 Å². The number of nitrogens with one attached hydrogen (secondary N) is 1. The maximum atomic E-state index is 13.9. The van der Waals surface area contributed by atoms with E-state index in [1.807, 2.05) is 31.2 Å². The summed E-state index contributed by atoms with van der Waals surface area (Å²) < 4.78 is 14.2. The SMILES string of the molecule is COc1ccc([C@@H](C)NC(=O)c2c3n(c(=O)n2-c2ccc(OC)cc2)CCN(C(=O)c2ccc(Br)c(Cl)c2)C3)cc1. The highest BCUT2D eigenvalue weighted by Gasteiger charge is 2.32. The zero-order valence-corrected chi connectivity index (χ0v) is 25.0. The molecule has 0 aliphatic carbocycles. The lowest BCUT2D eigenvalue weighted by Gasteiger charge is -2.28. The normalized spacial score (nSPS) is 13.3. The molecule has 2 heterocycles. The Morgan fingerprint density at radius 3 is 2.20 bits per heavy atom. The first-order valence-electron chi connectivity index (χ1n) is 12.9. The van der Waals surface area contributed by atoms with Gasteiger partial charge in [-0.3, -0.25) is 18.7 Å². The summed E-state index contributed by atoms with van der Waals surface area (Å²) in [4.78, 5) is 42.7. The van der Waals surface area contributed by atoms with Gasteiger partial charge in [0.25, 0.3) is 11.8 Å². The monoisotopic (exact) mass is 638 g/mol. The Morgan fingerprint density at radius 1 is 0.951 bits per heavy atom. The Bertz CT molecular complexity index is 1660. The molecule has 1 aliphatic heterocycles. The second-order valence-corrected chi connectivity index (χ2v) is 10.8. The first-order chi connectivity index (χ1) is 19.7. The maximum Gasteiger partial charge on any atom is 0.333 e. The summed E-state index contributed by atoms with van der Waals surface area (Å²) in [7, 11) is 3.15. The third kappa shape index (κ3) is 5.62. The van der Waals surface area contributed by atoms with Crippen LogP contribution in [0.5, 0.6) is 11.5 Å². The second-order valence-electron chi connectivity index (χ2n) is 9.59. The third-order valence-electron chi connectivity index (χ3n) is 7.14. The van der Waals surface area contributed by atoms with Gasteiger partial charge in [0, 0.05) is 23.1 Å². The van der Waals surface area contributed by atoms with Crippen LogP contribution in [0.15, 0.2) is 76.0 Å². The van der Waals surface area contributed by atoms with Crippen molar-refractivity contribution < 1.29 is 19.1 Å². The topological polar surface area (TPSA) is 94.8 Å². The Labute approximate surface area is 250 Å². The minimum atomic E-state index is -0.434. The summed E-state index contributed by atoms with van der Waals surface area (Å²) in [6.07, 6.45) is 0. The van der Waals surface area contributed by atoms with Crippen molar-refractivity contribution in [1.82, 2.24) is 19.4 Å². The van der Waals surface area contributed by atoms with Crippen molar-refractivity contribution in [1.29, 1.82) is 0 Å². The molecule has 0 unspecified atom stereocenters. The third-order valence-corrected chi connectivity index (χ3v) is 8.37. The molecule has 0 spiro atoms. The number of fused-ring (bicyclic) bond motifs is 1. The number of aromatic nitrogens is 2. The number of halogens is 2. The van der Waals surface area contributed by atoms with Crippen molar-refractivity contribution in [2.75, 3.05) is 20.8 Å². The molecule has 1 aromatic heterocycles. The molecule has 0 radical (unpaired) electrons. The molecular formula is C30H28BrClN4O5. The summed E-state index contributed by atoms with van der Waals surface area (Å²) in [6, 6.07) is 18.9. The highest BCUT2D eigenvalue weighted by molar-refractivity contribution is 9.10. The van der Waals surface area contributed by atoms with Gasteiger partial charge in [0.2, 0.25) is 0 Å². The lowest BCUT2D eigenvalue weighted by atomic mass is 10.1. The van der Waals surface area contributed by atoms with E-state index in [0.29, 0.717) is 44.5 Å². The Balaban J connectivity index is 1.54. The van der Waals surface area contributed by atoms with E-state index in [9.17, 15) is 14.4 Å². The molecular weight excluding hydrogens is 612 g/mol. The predicted octanol–water partition coefficient (Wildman–Crippen LogP) is 5.22. The summed E-state index contributed by atoms with van der Waals surface area (Å²) >= 11 is 9.59. The van der Waals surface area contributed by atoms with Crippen LogP contribution >= 0.6 is 27.5 Å². The van der Waals surface area contributed by atoms with Crippen LogP contribution in [0.4, 0.5) is 0 Å². The number of ether oxygens (including phenoxy) is 2. The van der Waals surface area contributed by atoms with Crippen LogP contribution in [0.25, 0.3) is 5.69 Å². The van der Waals surface area contributed by atoms with E-state index >= 15 is 0 Å². The number of methoxy groups -OCH3 is 2. The van der Waals surface area contributed by atoms with Crippen LogP contribution in [0, 0.1) is 0 Å². The molecule has 0 saturated carbocycles. The number of imidazole rings is 1. The number of carbonyl (C=O) groups is 2. The lowest BCUT2D eigenvalue weighted by Crippen LogP contribution is -2.41. The van der Waals surface area contributed by atoms with Crippen LogP contribution in [0.3, 0.4) is 0 Å². The van der Waals surface area contributed by atoms with Gasteiger partial charge in [-0.25, -0.2) is 4.79 Å². The van der Waals surface area contributed by atoms with Crippen molar-refractivity contribution in [3.05, 3.63) is 109 Å². The van der Waals surface area contributed by atoms with Gasteiger partial charge in [0.05, 0.1) is 43.2 Å². The fourth-order valence-electron chi connectivity index (χ4n) is 4.89. The minimum Gasteiger partial charge on any atom is -0.497 e. The summed E-state index contributed by atoms with van der Waals surface area (Å²) in [5.74, 6) is 0.651. The molecule has 3 aromatic carbocycles. The minimum absolute atomic E-state index is 0.0740. The largest absolute Gasteiger partial charge is 0.497 e. The molecule has 0 fully saturated rings. The van der Waals surface area contributed by atoms with Crippen molar-refractivity contribution in [2.24, 2.45) is 0 Å². The summed E-state index contributed by atoms with van der Waals surface area (Å²) in [5, 5.41) is 3.45. The van der Waals surface area contributed by atoms with Crippen LogP contribution < -0.4 is 20.5 Å². The molecule has 5 rings (SSSR count). The first kappa shape index (κ1) is 28.5. The molecule has 41 heavy (non-hydrogen) atoms. The van der Waals surface area contributed by atoms with Gasteiger partial charge in [0.1, 0.15) is 17.2 Å². The Kier molecular flexibility index (Phi) is 8.23. The van der Waals surface area contributed by atoms with E-state index in [1.165, 1.54) is 4.57 Å². The fraction of sp³-hybridized carbons (Fsp3) is 0.233. The summed E-state index contributed by atoms with van der Waals surface area (Å²) in [6.45, 7) is 2.48. The highest BCUT2D eigenvalue weighted by Crippen LogP contribution is 2.27. The average Bonchev–Trinajstić information content (AvgIpc) is 3.29. The highest BCUT2D eigenvalue weighted by atomic mass is 79.9. The van der Waals surface area contributed by atoms with E-state index in [0.717, 1.165) is 5.56 Å². The van der Waals surface area contributed by atoms with E-state index < -0.39 is 5.91 Å². The quantitative estimate of drug-likeness (QED) is 0.299. The van der Waals surface area contributed by atoms with Crippen LogP contribution in [0.2, 0.25) is 5.02 Å². The van der Waals surface area contributed by atoms with E-state index in [2.05, 4.69) is 21.2 Å². The molecule has 4 aromatic rings. The molecule has 1 atom stereocenters. The van der Waals surface area contributed by atoms with Crippen molar-refractivity contribution >= 4 is 39.3 Å². The number of amides is 2. The van der Waals surface area contributed by atoms with Gasteiger partial charge in [-0.2, -0.15) is 0 Å². The second kappa shape index (κ2) is 11.8. The smallest absolute Gasteiger partial charge is 0.333 e. The lowest BCUT2D eigenvalue weighted by molar-refractivity contribution is 0.0706. The molecule has 11 heteroatoms. The average molecular weight is 640 g/mol. The van der Waals surface area contributed by atoms with E-state index in [4.69, 9.17) is 21.1 Å². The van der Waals surface area contributed by atoms with Crippen LogP contribution in [-0.2, 0) is 13.1 Å². The fourth-order valence-corrected chi connectivity index (χ4v) is 5.32. The number of rotatable bonds is 7. The Morgan fingerprint density at radius 2 is 1.59 bits per heavy atom. The molecule has 1 N–H and O–H groups in total. The molecule has 0 saturated heterocycles. The maximum absolute atomic E-state index is 13.9. The van der Waals surface area contributed by atoms with Gasteiger partial charge < -0.3 is 19.7 Å². The molecule has 0 bridgehead atoms. The van der Waals surface area contributed by atoms with E-state index in [-0.39, 0.29) is 36.4 Å². The molecule has 1 aliphatic rings. The molecule has 212 valence electrons. The number of hydrogen-bond donors (Lipinski definition) is 1. The van der Waals surface area contributed by atoms with Gasteiger partial charge in [-0.05, 0) is 83.0 Å². The number of carbonyl (C=O) groups excluding carboxylic acids is 2. The van der Waals surface area contributed by atoms with E-state index in [1.54, 1.807) is 66.2 Å². The number of hydrogen-bond acceptors (Lipinski definition) is 5. The number of benzene rings is 3. The molecule has 9 nitrogen and oxygen atoms in total. The number of nitrogens with zero attached hydrogens (tertiary/aromatic N) is 3. The van der Waals surface area contributed by atoms with Crippen LogP contribution in [-0.4, -0.2) is 46.6 Å². The summed E-state index contributed by atoms with van der Waals surface area (Å²) in [5.41, 5.74) is 2.07. The van der Waals surface area contributed by atoms with Crippen molar-refractivity contribution in [3.63, 3.8) is 0 Å². The molecule has 2 amide bonds. The van der Waals surface area contributed by atoms with Gasteiger partial charge >= 0.3 is 5.69 Å². The van der Waals surface area contributed by atoms with Gasteiger partial charge in [-0.15, -0.1) is 0 Å². The first-order valence-corrected chi connectivity index (χ1v) is 14.1. The van der Waals surface area contributed by atoms with Gasteiger partial charge in [-0.1, -0.05) is 23.7 Å². The standard InChI is InChI=1S/C30H28BrClN4O5/c1-18(19-4-9-22(40-2)10-5-19)33-28(37)27-26-17-34(29(38)20-6-13-24(31)25(32)16-20)14-15-35(26)30(39)36(27)21-7-11-23(41-3)12-8-21/h4-13,16,18H,14-15,17H2,1-3H3,(H,33,37)/t18-/m1/s1. The Hall–Kier alpha value is -4.02. The zero-order valence-electron chi connectivity index (χ0n) is 22.7. The predicted molar refractivity (Wildman–Crippen MR) is 159 cm³/mol. The van der Waals surface area contributed by atoms with Gasteiger partial charge in [0.15, 0.2) is 0 Å². The van der Waals surface area contributed by atoms with Crippen molar-refractivity contribution in [3.8, 4) is 17.2 Å².